The van der Waals surface area contributed by atoms with Crippen molar-refractivity contribution in [3.63, 3.8) is 0 Å². The molecular weight excluding hydrogens is 320 g/mol. The Morgan fingerprint density at radius 2 is 2.08 bits per heavy atom. The maximum Gasteiger partial charge on any atom is 0.235 e. The third-order valence-electron chi connectivity index (χ3n) is 4.19. The number of fused-ring (bicyclic) bond motifs is 2. The first-order chi connectivity index (χ1) is 12.0. The number of phenolic OH excluding ortho intramolecular Hbond substituents is 2. The van der Waals surface area contributed by atoms with Gasteiger partial charge in [-0.05, 0) is 18.2 Å². The first-order valence-electron chi connectivity index (χ1n) is 7.48. The summed E-state index contributed by atoms with van der Waals surface area (Å²) in [6, 6.07) is 9.91. The maximum absolute atomic E-state index is 12.5. The molecule has 6 heteroatoms. The Morgan fingerprint density at radius 1 is 1.28 bits per heavy atom. The number of carbonyl (C=O) groups is 1. The molecule has 2 heterocycles. The minimum Gasteiger partial charge on any atom is -0.508 e. The number of aromatic hydroxyl groups is 2. The van der Waals surface area contributed by atoms with E-state index in [1.54, 1.807) is 24.4 Å². The molecule has 0 bridgehead atoms. The average Bonchev–Trinajstić information content (AvgIpc) is 3.05. The zero-order valence-corrected chi connectivity index (χ0v) is 13.1. The molecule has 0 aliphatic carbocycles. The van der Waals surface area contributed by atoms with Crippen LogP contribution >= 0.6 is 0 Å². The van der Waals surface area contributed by atoms with Crippen molar-refractivity contribution in [2.45, 2.75) is 0 Å². The number of aromatic nitrogens is 1. The molecule has 0 fully saturated rings. The van der Waals surface area contributed by atoms with E-state index in [0.29, 0.717) is 11.1 Å². The number of carbonyl (C=O) groups excluding carboxylic acids is 1. The molecule has 0 amide bonds. The number of Topliss-reactive ketones (excluding diaryl/α,β-unsaturated/α-hetero) is 1. The number of nitrogens with zero attached hydrogens (tertiary/aromatic N) is 2. The summed E-state index contributed by atoms with van der Waals surface area (Å²) >= 11 is 0. The number of allylic oxidation sites excluding steroid dienone is 1. The Morgan fingerprint density at radius 3 is 2.84 bits per heavy atom. The predicted octanol–water partition coefficient (Wildman–Crippen LogP) is 3.08. The monoisotopic (exact) mass is 332 g/mol. The highest BCUT2D eigenvalue weighted by Crippen LogP contribution is 2.41. The number of phenols is 2. The van der Waals surface area contributed by atoms with Gasteiger partial charge < -0.3 is 19.5 Å². The van der Waals surface area contributed by atoms with E-state index in [4.69, 9.17) is 4.74 Å². The second-order valence-corrected chi connectivity index (χ2v) is 5.78. The van der Waals surface area contributed by atoms with E-state index >= 15 is 0 Å². The molecule has 1 aliphatic heterocycles. The van der Waals surface area contributed by atoms with Crippen LogP contribution in [-0.2, 0) is 7.05 Å². The zero-order valence-electron chi connectivity index (χ0n) is 13.1. The molecule has 2 aromatic carbocycles. The summed E-state index contributed by atoms with van der Waals surface area (Å²) in [5.41, 5.74) is 2.03. The number of rotatable bonds is 1. The lowest BCUT2D eigenvalue weighted by molar-refractivity contribution is 0.101. The van der Waals surface area contributed by atoms with Gasteiger partial charge in [-0.25, -0.2) is 0 Å². The van der Waals surface area contributed by atoms with Gasteiger partial charge in [-0.15, -0.1) is 0 Å². The van der Waals surface area contributed by atoms with E-state index < -0.39 is 5.78 Å². The Hall–Kier alpha value is -3.72. The molecule has 0 atom stereocenters. The Balaban J connectivity index is 1.89. The van der Waals surface area contributed by atoms with Gasteiger partial charge in [0.25, 0.3) is 0 Å². The number of ether oxygens (including phenoxy) is 1. The Kier molecular flexibility index (Phi) is 3.05. The molecule has 25 heavy (non-hydrogen) atoms. The minimum atomic E-state index is -0.473. The van der Waals surface area contributed by atoms with Crippen LogP contribution in [-0.4, -0.2) is 20.6 Å². The molecule has 0 unspecified atom stereocenters. The van der Waals surface area contributed by atoms with E-state index in [1.165, 1.54) is 6.07 Å². The van der Waals surface area contributed by atoms with E-state index in [0.717, 1.165) is 17.0 Å². The quantitative estimate of drug-likeness (QED) is 0.668. The van der Waals surface area contributed by atoms with E-state index in [2.05, 4.69) is 6.07 Å². The number of hydrogen-bond donors (Lipinski definition) is 2. The van der Waals surface area contributed by atoms with Gasteiger partial charge in [0, 0.05) is 41.8 Å². The number of ketones is 1. The Bertz CT molecular complexity index is 1130. The summed E-state index contributed by atoms with van der Waals surface area (Å²) in [5, 5.41) is 29.5. The summed E-state index contributed by atoms with van der Waals surface area (Å²) in [4.78, 5) is 12.5. The molecule has 1 aromatic heterocycles. The lowest BCUT2D eigenvalue weighted by Crippen LogP contribution is -1.98. The second kappa shape index (κ2) is 5.14. The first-order valence-corrected chi connectivity index (χ1v) is 7.48. The van der Waals surface area contributed by atoms with Crippen LogP contribution in [0.1, 0.15) is 21.5 Å². The van der Waals surface area contributed by atoms with Crippen molar-refractivity contribution >= 4 is 22.8 Å². The minimum absolute atomic E-state index is 0.0183. The fraction of sp³-hybridized carbons (Fsp3) is 0.0526. The third kappa shape index (κ3) is 2.14. The van der Waals surface area contributed by atoms with Crippen LogP contribution in [0.25, 0.3) is 17.0 Å². The standard InChI is InChI=1S/C19H12N2O4/c1-21-9-11(17-10(8-20)3-2-4-13(17)21)5-16-19(24)18-14(23)6-12(22)7-15(18)25-16/h2-7,9,22-23H,1H3/b16-5+. The molecule has 122 valence electrons. The Labute approximate surface area is 142 Å². The van der Waals surface area contributed by atoms with Crippen molar-refractivity contribution in [2.75, 3.05) is 0 Å². The zero-order chi connectivity index (χ0) is 17.7. The largest absolute Gasteiger partial charge is 0.508 e. The lowest BCUT2D eigenvalue weighted by atomic mass is 10.0. The maximum atomic E-state index is 12.5. The summed E-state index contributed by atoms with van der Waals surface area (Å²) < 4.78 is 7.38. The molecule has 4 rings (SSSR count). The smallest absolute Gasteiger partial charge is 0.235 e. The fourth-order valence-electron chi connectivity index (χ4n) is 3.10. The summed E-state index contributed by atoms with van der Waals surface area (Å²) in [6.45, 7) is 0. The van der Waals surface area contributed by atoms with Crippen molar-refractivity contribution in [1.29, 1.82) is 5.26 Å². The third-order valence-corrected chi connectivity index (χ3v) is 4.19. The van der Waals surface area contributed by atoms with E-state index in [1.807, 2.05) is 17.7 Å². The van der Waals surface area contributed by atoms with Crippen molar-refractivity contribution in [2.24, 2.45) is 7.05 Å². The van der Waals surface area contributed by atoms with Crippen LogP contribution in [0, 0.1) is 11.3 Å². The first kappa shape index (κ1) is 14.8. The summed E-state index contributed by atoms with van der Waals surface area (Å²) in [5.74, 6) is -0.870. The predicted molar refractivity (Wildman–Crippen MR) is 90.3 cm³/mol. The number of benzene rings is 2. The van der Waals surface area contributed by atoms with Crippen LogP contribution in [0.3, 0.4) is 0 Å². The molecule has 0 radical (unpaired) electrons. The van der Waals surface area contributed by atoms with E-state index in [-0.39, 0.29) is 28.6 Å². The number of hydrogen-bond acceptors (Lipinski definition) is 5. The molecule has 3 aromatic rings. The molecule has 1 aliphatic rings. The normalized spacial score (nSPS) is 14.6. The van der Waals surface area contributed by atoms with Gasteiger partial charge in [0.2, 0.25) is 5.78 Å². The number of aryl methyl sites for hydroxylation is 1. The highest BCUT2D eigenvalue weighted by Gasteiger charge is 2.31. The summed E-state index contributed by atoms with van der Waals surface area (Å²) in [6.07, 6.45) is 3.34. The fourth-order valence-corrected chi connectivity index (χ4v) is 3.10. The van der Waals surface area contributed by atoms with Gasteiger partial charge in [-0.3, -0.25) is 4.79 Å². The topological polar surface area (TPSA) is 95.5 Å². The SMILES string of the molecule is Cn1cc(/C=C2/Oc3cc(O)cc(O)c3C2=O)c2c(C#N)cccc21. The van der Waals surface area contributed by atoms with E-state index in [9.17, 15) is 20.3 Å². The van der Waals surface area contributed by atoms with Gasteiger partial charge >= 0.3 is 0 Å². The van der Waals surface area contributed by atoms with Gasteiger partial charge in [0.15, 0.2) is 5.76 Å². The molecule has 0 saturated carbocycles. The molecule has 0 spiro atoms. The highest BCUT2D eigenvalue weighted by molar-refractivity contribution is 6.17. The van der Waals surface area contributed by atoms with Gasteiger partial charge in [-0.2, -0.15) is 5.26 Å². The van der Waals surface area contributed by atoms with Gasteiger partial charge in [0.05, 0.1) is 11.6 Å². The second-order valence-electron chi connectivity index (χ2n) is 5.78. The van der Waals surface area contributed by atoms with Crippen LogP contribution in [0.2, 0.25) is 0 Å². The van der Waals surface area contributed by atoms with Gasteiger partial charge in [0.1, 0.15) is 22.8 Å². The molecule has 0 saturated heterocycles. The summed E-state index contributed by atoms with van der Waals surface area (Å²) in [7, 11) is 1.85. The van der Waals surface area contributed by atoms with Crippen molar-refractivity contribution in [3.05, 3.63) is 59.0 Å². The van der Waals surface area contributed by atoms with Crippen molar-refractivity contribution < 1.29 is 19.7 Å². The van der Waals surface area contributed by atoms with Gasteiger partial charge in [-0.1, -0.05) is 6.07 Å². The van der Waals surface area contributed by atoms with Crippen LogP contribution < -0.4 is 4.74 Å². The molecule has 2 N–H and O–H groups in total. The van der Waals surface area contributed by atoms with Crippen LogP contribution in [0.4, 0.5) is 0 Å². The average molecular weight is 332 g/mol. The molecular formula is C19H12N2O4. The van der Waals surface area contributed by atoms with Crippen molar-refractivity contribution in [3.8, 4) is 23.3 Å². The molecule has 6 nitrogen and oxygen atoms in total. The highest BCUT2D eigenvalue weighted by atomic mass is 16.5. The van der Waals surface area contributed by atoms with Crippen LogP contribution in [0.15, 0.2) is 42.3 Å². The lowest BCUT2D eigenvalue weighted by Gasteiger charge is -2.00. The van der Waals surface area contributed by atoms with Crippen molar-refractivity contribution in [1.82, 2.24) is 4.57 Å². The van der Waals surface area contributed by atoms with Crippen LogP contribution in [0.5, 0.6) is 17.2 Å². The number of nitriles is 1.